The van der Waals surface area contributed by atoms with Gasteiger partial charge >= 0.3 is 0 Å². The lowest BCUT2D eigenvalue weighted by atomic mass is 10.0. The second kappa shape index (κ2) is 5.49. The highest BCUT2D eigenvalue weighted by atomic mass is 16.5. The van der Waals surface area contributed by atoms with Gasteiger partial charge in [0.2, 0.25) is 0 Å². The number of nitrogens with one attached hydrogen (secondary N) is 1. The van der Waals surface area contributed by atoms with E-state index >= 15 is 0 Å². The van der Waals surface area contributed by atoms with Crippen LogP contribution >= 0.6 is 0 Å². The van der Waals surface area contributed by atoms with Gasteiger partial charge in [0.15, 0.2) is 0 Å². The first-order valence-electron chi connectivity index (χ1n) is 5.93. The van der Waals surface area contributed by atoms with Crippen LogP contribution in [0.15, 0.2) is 24.3 Å². The fourth-order valence-electron chi connectivity index (χ4n) is 2.08. The number of anilines is 1. The van der Waals surface area contributed by atoms with Gasteiger partial charge in [0, 0.05) is 38.9 Å². The van der Waals surface area contributed by atoms with Crippen molar-refractivity contribution < 1.29 is 9.47 Å². The molecule has 0 aromatic heterocycles. The van der Waals surface area contributed by atoms with E-state index in [1.54, 1.807) is 7.11 Å². The van der Waals surface area contributed by atoms with Crippen LogP contribution in [0.4, 0.5) is 5.69 Å². The zero-order valence-electron chi connectivity index (χ0n) is 10.2. The van der Waals surface area contributed by atoms with E-state index in [0.29, 0.717) is 6.61 Å². The summed E-state index contributed by atoms with van der Waals surface area (Å²) in [5, 5.41) is 3.39. The Hall–Kier alpha value is -1.10. The fourth-order valence-corrected chi connectivity index (χ4v) is 2.08. The standard InChI is InChI=1S/C13H20N2O2/c1-16-13(6-7-17-10-13)9-15-8-11-4-2-3-5-12(11)14/h2-5,15H,6-10,14H2,1H3. The van der Waals surface area contributed by atoms with E-state index in [2.05, 4.69) is 5.32 Å². The van der Waals surface area contributed by atoms with Crippen molar-refractivity contribution in [2.24, 2.45) is 0 Å². The van der Waals surface area contributed by atoms with Gasteiger partial charge in [0.1, 0.15) is 5.60 Å². The minimum Gasteiger partial charge on any atom is -0.398 e. The first-order valence-corrected chi connectivity index (χ1v) is 5.93. The summed E-state index contributed by atoms with van der Waals surface area (Å²) >= 11 is 0. The molecule has 0 bridgehead atoms. The molecule has 2 rings (SSSR count). The van der Waals surface area contributed by atoms with Crippen molar-refractivity contribution in [1.82, 2.24) is 5.32 Å². The minimum absolute atomic E-state index is 0.163. The van der Waals surface area contributed by atoms with Gasteiger partial charge in [-0.2, -0.15) is 0 Å². The molecule has 0 aliphatic carbocycles. The van der Waals surface area contributed by atoms with Crippen molar-refractivity contribution in [1.29, 1.82) is 0 Å². The summed E-state index contributed by atoms with van der Waals surface area (Å²) in [6, 6.07) is 7.90. The Morgan fingerprint density at radius 3 is 2.94 bits per heavy atom. The number of nitrogens with two attached hydrogens (primary N) is 1. The second-order valence-electron chi connectivity index (χ2n) is 4.49. The summed E-state index contributed by atoms with van der Waals surface area (Å²) in [6.45, 7) is 3.00. The predicted octanol–water partition coefficient (Wildman–Crippen LogP) is 1.16. The molecule has 0 saturated carbocycles. The molecule has 94 valence electrons. The average Bonchev–Trinajstić information content (AvgIpc) is 2.81. The van der Waals surface area contributed by atoms with Gasteiger partial charge in [-0.25, -0.2) is 0 Å². The lowest BCUT2D eigenvalue weighted by Gasteiger charge is -2.26. The first kappa shape index (κ1) is 12.4. The molecule has 17 heavy (non-hydrogen) atoms. The van der Waals surface area contributed by atoms with Crippen molar-refractivity contribution in [3.8, 4) is 0 Å². The van der Waals surface area contributed by atoms with Crippen LogP contribution in [-0.2, 0) is 16.0 Å². The molecule has 0 radical (unpaired) electrons. The number of hydrogen-bond donors (Lipinski definition) is 2. The van der Waals surface area contributed by atoms with E-state index < -0.39 is 0 Å². The van der Waals surface area contributed by atoms with E-state index in [0.717, 1.165) is 37.4 Å². The Bertz CT molecular complexity index is 362. The number of nitrogen functional groups attached to an aromatic ring is 1. The average molecular weight is 236 g/mol. The van der Waals surface area contributed by atoms with Gasteiger partial charge in [-0.3, -0.25) is 0 Å². The zero-order valence-corrected chi connectivity index (χ0v) is 10.2. The third-order valence-corrected chi connectivity index (χ3v) is 3.32. The molecule has 1 aliphatic heterocycles. The summed E-state index contributed by atoms with van der Waals surface area (Å²) < 4.78 is 10.9. The summed E-state index contributed by atoms with van der Waals surface area (Å²) in [5.74, 6) is 0. The third kappa shape index (κ3) is 2.97. The second-order valence-corrected chi connectivity index (χ2v) is 4.49. The maximum atomic E-state index is 5.88. The van der Waals surface area contributed by atoms with Gasteiger partial charge in [-0.1, -0.05) is 18.2 Å². The van der Waals surface area contributed by atoms with Crippen molar-refractivity contribution in [2.45, 2.75) is 18.6 Å². The molecule has 0 amide bonds. The van der Waals surface area contributed by atoms with Crippen LogP contribution in [0.1, 0.15) is 12.0 Å². The number of hydrogen-bond acceptors (Lipinski definition) is 4. The van der Waals surface area contributed by atoms with E-state index in [1.165, 1.54) is 0 Å². The molecule has 3 N–H and O–H groups in total. The Balaban J connectivity index is 1.85. The molecule has 1 aliphatic rings. The molecular weight excluding hydrogens is 216 g/mol. The van der Waals surface area contributed by atoms with Crippen molar-refractivity contribution in [3.05, 3.63) is 29.8 Å². The van der Waals surface area contributed by atoms with Crippen LogP contribution in [0.2, 0.25) is 0 Å². The highest BCUT2D eigenvalue weighted by molar-refractivity contribution is 5.46. The van der Waals surface area contributed by atoms with Crippen molar-refractivity contribution >= 4 is 5.69 Å². The Kier molecular flexibility index (Phi) is 3.99. The van der Waals surface area contributed by atoms with Gasteiger partial charge in [0.05, 0.1) is 6.61 Å². The third-order valence-electron chi connectivity index (χ3n) is 3.32. The highest BCUT2D eigenvalue weighted by Gasteiger charge is 2.34. The lowest BCUT2D eigenvalue weighted by molar-refractivity contribution is -0.0159. The summed E-state index contributed by atoms with van der Waals surface area (Å²) in [5.41, 5.74) is 7.67. The van der Waals surface area contributed by atoms with Gasteiger partial charge in [-0.05, 0) is 11.6 Å². The van der Waals surface area contributed by atoms with Gasteiger partial charge in [0.25, 0.3) is 0 Å². The number of benzene rings is 1. The highest BCUT2D eigenvalue weighted by Crippen LogP contribution is 2.21. The number of rotatable bonds is 5. The molecule has 1 heterocycles. The Morgan fingerprint density at radius 1 is 1.47 bits per heavy atom. The normalized spacial score (nSPS) is 24.1. The molecule has 1 atom stereocenters. The predicted molar refractivity (Wildman–Crippen MR) is 67.7 cm³/mol. The van der Waals surface area contributed by atoms with Crippen LogP contribution in [0.5, 0.6) is 0 Å². The van der Waals surface area contributed by atoms with Crippen LogP contribution in [0.3, 0.4) is 0 Å². The minimum atomic E-state index is -0.163. The summed E-state index contributed by atoms with van der Waals surface area (Å²) in [4.78, 5) is 0. The molecule has 0 spiro atoms. The van der Waals surface area contributed by atoms with Crippen molar-refractivity contribution in [2.75, 3.05) is 32.6 Å². The number of ether oxygens (including phenoxy) is 2. The van der Waals surface area contributed by atoms with E-state index in [9.17, 15) is 0 Å². The molecule has 4 heteroatoms. The van der Waals surface area contributed by atoms with E-state index in [-0.39, 0.29) is 5.60 Å². The molecule has 1 fully saturated rings. The molecule has 1 unspecified atom stereocenters. The van der Waals surface area contributed by atoms with E-state index in [1.807, 2.05) is 24.3 Å². The fraction of sp³-hybridized carbons (Fsp3) is 0.538. The van der Waals surface area contributed by atoms with E-state index in [4.69, 9.17) is 15.2 Å². The van der Waals surface area contributed by atoms with Crippen LogP contribution in [0.25, 0.3) is 0 Å². The van der Waals surface area contributed by atoms with Crippen LogP contribution in [-0.4, -0.2) is 32.5 Å². The lowest BCUT2D eigenvalue weighted by Crippen LogP contribution is -2.42. The molecular formula is C13H20N2O2. The Labute approximate surface area is 102 Å². The monoisotopic (exact) mass is 236 g/mol. The maximum Gasteiger partial charge on any atom is 0.106 e. The smallest absolute Gasteiger partial charge is 0.106 e. The quantitative estimate of drug-likeness (QED) is 0.753. The Morgan fingerprint density at radius 2 is 2.29 bits per heavy atom. The van der Waals surface area contributed by atoms with Gasteiger partial charge < -0.3 is 20.5 Å². The summed E-state index contributed by atoms with van der Waals surface area (Å²) in [7, 11) is 1.74. The van der Waals surface area contributed by atoms with Crippen LogP contribution in [0, 0.1) is 0 Å². The molecule has 1 saturated heterocycles. The first-order chi connectivity index (χ1) is 8.26. The topological polar surface area (TPSA) is 56.5 Å². The SMILES string of the molecule is COC1(CNCc2ccccc2N)CCOC1. The molecule has 4 nitrogen and oxygen atoms in total. The van der Waals surface area contributed by atoms with Crippen molar-refractivity contribution in [3.63, 3.8) is 0 Å². The summed E-state index contributed by atoms with van der Waals surface area (Å²) in [6.07, 6.45) is 0.945. The molecule has 1 aromatic rings. The largest absolute Gasteiger partial charge is 0.398 e. The number of methoxy groups -OCH3 is 1. The maximum absolute atomic E-state index is 5.88. The van der Waals surface area contributed by atoms with Gasteiger partial charge in [-0.15, -0.1) is 0 Å². The zero-order chi connectivity index (χ0) is 12.1. The molecule has 1 aromatic carbocycles. The number of para-hydroxylation sites is 1. The van der Waals surface area contributed by atoms with Crippen LogP contribution < -0.4 is 11.1 Å².